The van der Waals surface area contributed by atoms with Crippen LogP contribution in [0, 0.1) is 0 Å². The van der Waals surface area contributed by atoms with E-state index < -0.39 is 0 Å². The molecule has 1 heterocycles. The van der Waals surface area contributed by atoms with Crippen molar-refractivity contribution < 1.29 is 14.2 Å². The Hall–Kier alpha value is -0.900. The molecule has 0 N–H and O–H groups in total. The Morgan fingerprint density at radius 1 is 1.00 bits per heavy atom. The van der Waals surface area contributed by atoms with Gasteiger partial charge >= 0.3 is 0 Å². The summed E-state index contributed by atoms with van der Waals surface area (Å²) in [6.45, 7) is 7.76. The molecule has 1 rings (SSSR count). The zero-order valence-corrected chi connectivity index (χ0v) is 9.65. The van der Waals surface area contributed by atoms with E-state index in [0.29, 0.717) is 19.8 Å². The minimum absolute atomic E-state index is 0.622. The normalized spacial score (nSPS) is 9.93. The molecule has 1 aromatic rings. The minimum atomic E-state index is 0.622. The lowest BCUT2D eigenvalue weighted by atomic mass is 10.5. The van der Waals surface area contributed by atoms with E-state index in [1.54, 1.807) is 0 Å². The van der Waals surface area contributed by atoms with Gasteiger partial charge in [0.2, 0.25) is 10.8 Å². The van der Waals surface area contributed by atoms with Crippen molar-refractivity contribution in [3.63, 3.8) is 0 Å². The van der Waals surface area contributed by atoms with E-state index in [4.69, 9.17) is 14.2 Å². The molecule has 0 atom stereocenters. The van der Waals surface area contributed by atoms with E-state index in [1.165, 1.54) is 11.3 Å². The molecule has 0 amide bonds. The molecule has 3 nitrogen and oxygen atoms in total. The summed E-state index contributed by atoms with van der Waals surface area (Å²) >= 11 is 1.51. The molecule has 14 heavy (non-hydrogen) atoms. The predicted molar refractivity (Wildman–Crippen MR) is 57.8 cm³/mol. The molecule has 80 valence electrons. The Morgan fingerprint density at radius 2 is 1.64 bits per heavy atom. The summed E-state index contributed by atoms with van der Waals surface area (Å²) < 4.78 is 16.3. The summed E-state index contributed by atoms with van der Waals surface area (Å²) in [6, 6.07) is 0. The molecule has 0 aliphatic rings. The van der Waals surface area contributed by atoms with Gasteiger partial charge in [-0.1, -0.05) is 11.3 Å². The molecule has 0 saturated heterocycles. The molecule has 0 saturated carbocycles. The third-order valence-corrected chi connectivity index (χ3v) is 2.40. The average Bonchev–Trinajstić information content (AvgIpc) is 2.52. The van der Waals surface area contributed by atoms with E-state index >= 15 is 0 Å². The summed E-state index contributed by atoms with van der Waals surface area (Å²) in [5.74, 6) is 1.52. The molecular weight excluding hydrogens is 200 g/mol. The third kappa shape index (κ3) is 2.54. The maximum atomic E-state index is 5.47. The lowest BCUT2D eigenvalue weighted by Gasteiger charge is -2.08. The molecular formula is C10H16O3S. The van der Waals surface area contributed by atoms with Crippen LogP contribution in [0.4, 0.5) is 0 Å². The Bertz CT molecular complexity index is 247. The van der Waals surface area contributed by atoms with Gasteiger partial charge in [-0.05, 0) is 20.8 Å². The summed E-state index contributed by atoms with van der Waals surface area (Å²) in [4.78, 5) is 0. The van der Waals surface area contributed by atoms with Crippen LogP contribution < -0.4 is 14.2 Å². The molecule has 0 aromatic carbocycles. The fourth-order valence-corrected chi connectivity index (χ4v) is 1.92. The van der Waals surface area contributed by atoms with Gasteiger partial charge in [0.05, 0.1) is 19.8 Å². The van der Waals surface area contributed by atoms with Gasteiger partial charge in [0.15, 0.2) is 5.75 Å². The number of rotatable bonds is 6. The zero-order chi connectivity index (χ0) is 10.4. The first-order valence-electron chi connectivity index (χ1n) is 4.83. The van der Waals surface area contributed by atoms with E-state index in [-0.39, 0.29) is 0 Å². The number of thiophene rings is 1. The molecule has 1 aromatic heterocycles. The van der Waals surface area contributed by atoms with Crippen molar-refractivity contribution in [2.75, 3.05) is 19.8 Å². The smallest absolute Gasteiger partial charge is 0.221 e. The van der Waals surface area contributed by atoms with Crippen molar-refractivity contribution in [3.05, 3.63) is 5.38 Å². The first kappa shape index (κ1) is 11.2. The third-order valence-electron chi connectivity index (χ3n) is 1.55. The molecule has 0 spiro atoms. The summed E-state index contributed by atoms with van der Waals surface area (Å²) in [7, 11) is 0. The lowest BCUT2D eigenvalue weighted by Crippen LogP contribution is -1.98. The first-order chi connectivity index (χ1) is 6.83. The van der Waals surface area contributed by atoms with Crippen LogP contribution in [0.2, 0.25) is 0 Å². The quantitative estimate of drug-likeness (QED) is 0.731. The molecule has 0 aliphatic carbocycles. The Labute approximate surface area is 88.6 Å². The van der Waals surface area contributed by atoms with E-state index in [2.05, 4.69) is 0 Å². The van der Waals surface area contributed by atoms with Gasteiger partial charge in [0.25, 0.3) is 0 Å². The van der Waals surface area contributed by atoms with Crippen LogP contribution in [-0.2, 0) is 0 Å². The minimum Gasteiger partial charge on any atom is -0.489 e. The van der Waals surface area contributed by atoms with Gasteiger partial charge in [0.1, 0.15) is 0 Å². The van der Waals surface area contributed by atoms with Crippen LogP contribution >= 0.6 is 11.3 Å². The summed E-state index contributed by atoms with van der Waals surface area (Å²) in [5, 5.41) is 2.72. The second-order valence-corrected chi connectivity index (χ2v) is 3.36. The van der Waals surface area contributed by atoms with Gasteiger partial charge in [-0.2, -0.15) is 0 Å². The van der Waals surface area contributed by atoms with Gasteiger partial charge in [-0.25, -0.2) is 0 Å². The Morgan fingerprint density at radius 3 is 2.21 bits per heavy atom. The van der Waals surface area contributed by atoms with Crippen LogP contribution in [0.25, 0.3) is 0 Å². The summed E-state index contributed by atoms with van der Waals surface area (Å²) in [5.41, 5.74) is 0. The molecule has 0 radical (unpaired) electrons. The topological polar surface area (TPSA) is 27.7 Å². The zero-order valence-electron chi connectivity index (χ0n) is 8.83. The van der Waals surface area contributed by atoms with Crippen molar-refractivity contribution >= 4 is 11.3 Å². The average molecular weight is 216 g/mol. The first-order valence-corrected chi connectivity index (χ1v) is 5.71. The van der Waals surface area contributed by atoms with Crippen LogP contribution in [0.15, 0.2) is 5.38 Å². The highest BCUT2D eigenvalue weighted by atomic mass is 32.1. The lowest BCUT2D eigenvalue weighted by molar-refractivity contribution is 0.268. The molecule has 4 heteroatoms. The van der Waals surface area contributed by atoms with Gasteiger partial charge in [0, 0.05) is 5.38 Å². The van der Waals surface area contributed by atoms with Crippen molar-refractivity contribution in [2.24, 2.45) is 0 Å². The second-order valence-electron chi connectivity index (χ2n) is 2.52. The maximum Gasteiger partial charge on any atom is 0.221 e. The van der Waals surface area contributed by atoms with Crippen molar-refractivity contribution in [1.29, 1.82) is 0 Å². The van der Waals surface area contributed by atoms with E-state index in [9.17, 15) is 0 Å². The molecule has 0 unspecified atom stereocenters. The number of ether oxygens (including phenoxy) is 3. The van der Waals surface area contributed by atoms with Crippen molar-refractivity contribution in [2.45, 2.75) is 20.8 Å². The standard InChI is InChI=1S/C10H16O3S/c1-4-11-8-7-14-10(13-6-3)9(8)12-5-2/h7H,4-6H2,1-3H3. The van der Waals surface area contributed by atoms with Crippen molar-refractivity contribution in [1.82, 2.24) is 0 Å². The monoisotopic (exact) mass is 216 g/mol. The van der Waals surface area contributed by atoms with E-state index in [0.717, 1.165) is 16.6 Å². The number of hydrogen-bond acceptors (Lipinski definition) is 4. The number of hydrogen-bond donors (Lipinski definition) is 0. The molecule has 0 bridgehead atoms. The Kier molecular flexibility index (Phi) is 4.59. The fourth-order valence-electron chi connectivity index (χ4n) is 1.07. The van der Waals surface area contributed by atoms with Crippen LogP contribution in [0.5, 0.6) is 16.6 Å². The second kappa shape index (κ2) is 5.75. The van der Waals surface area contributed by atoms with E-state index in [1.807, 2.05) is 26.2 Å². The highest BCUT2D eigenvalue weighted by Crippen LogP contribution is 2.43. The Balaban J connectivity index is 2.82. The van der Waals surface area contributed by atoms with Crippen LogP contribution in [0.1, 0.15) is 20.8 Å². The maximum absolute atomic E-state index is 5.47. The van der Waals surface area contributed by atoms with Gasteiger partial charge in [-0.3, -0.25) is 0 Å². The van der Waals surface area contributed by atoms with Crippen LogP contribution in [-0.4, -0.2) is 19.8 Å². The summed E-state index contributed by atoms with van der Waals surface area (Å²) in [6.07, 6.45) is 0. The molecule has 0 fully saturated rings. The predicted octanol–water partition coefficient (Wildman–Crippen LogP) is 2.94. The van der Waals surface area contributed by atoms with Gasteiger partial charge in [-0.15, -0.1) is 0 Å². The van der Waals surface area contributed by atoms with Crippen LogP contribution in [0.3, 0.4) is 0 Å². The fraction of sp³-hybridized carbons (Fsp3) is 0.600. The molecule has 0 aliphatic heterocycles. The highest BCUT2D eigenvalue weighted by molar-refractivity contribution is 7.12. The largest absolute Gasteiger partial charge is 0.489 e. The van der Waals surface area contributed by atoms with Crippen molar-refractivity contribution in [3.8, 4) is 16.6 Å². The highest BCUT2D eigenvalue weighted by Gasteiger charge is 2.14. The van der Waals surface area contributed by atoms with Gasteiger partial charge < -0.3 is 14.2 Å². The SMILES string of the molecule is CCOc1csc(OCC)c1OCC.